The van der Waals surface area contributed by atoms with E-state index in [9.17, 15) is 8.42 Å². The van der Waals surface area contributed by atoms with Gasteiger partial charge in [0.1, 0.15) is 6.10 Å². The van der Waals surface area contributed by atoms with Gasteiger partial charge in [0.05, 0.1) is 13.2 Å². The molecule has 1 saturated heterocycles. The lowest BCUT2D eigenvalue weighted by Crippen LogP contribution is -2.19. The molecule has 8 heteroatoms. The van der Waals surface area contributed by atoms with Crippen molar-refractivity contribution in [2.75, 3.05) is 19.8 Å². The normalized spacial score (nSPS) is 19.4. The standard InChI is InChI=1S/C32H54O7S/c1-3-4-5-6-7-8-9-10-11-12-13-14-15-16-17-21-31-36-26-28(37-31)25-35-24-19-18-20-29-27(2)22-23-30-32(29)39-40(33,34)38-30/h22-23,28,31H,3-21,24-26H2,1-2H3. The molecule has 2 aliphatic rings. The zero-order valence-electron chi connectivity index (χ0n) is 25.1. The Morgan fingerprint density at radius 2 is 1.43 bits per heavy atom. The van der Waals surface area contributed by atoms with Crippen LogP contribution >= 0.6 is 0 Å². The Morgan fingerprint density at radius 1 is 0.800 bits per heavy atom. The van der Waals surface area contributed by atoms with E-state index < -0.39 is 10.4 Å². The minimum Gasteiger partial charge on any atom is -0.379 e. The molecule has 0 N–H and O–H groups in total. The van der Waals surface area contributed by atoms with E-state index in [4.69, 9.17) is 22.6 Å². The summed E-state index contributed by atoms with van der Waals surface area (Å²) in [6.45, 7) is 6.01. The van der Waals surface area contributed by atoms with E-state index in [0.29, 0.717) is 32.0 Å². The predicted molar refractivity (Wildman–Crippen MR) is 159 cm³/mol. The molecule has 2 aliphatic heterocycles. The average molecular weight is 583 g/mol. The van der Waals surface area contributed by atoms with E-state index in [1.54, 1.807) is 6.07 Å². The maximum atomic E-state index is 11.6. The highest BCUT2D eigenvalue weighted by Gasteiger charge is 2.31. The van der Waals surface area contributed by atoms with Gasteiger partial charge in [-0.05, 0) is 50.7 Å². The third kappa shape index (κ3) is 12.7. The van der Waals surface area contributed by atoms with E-state index in [0.717, 1.165) is 36.8 Å². The first-order valence-electron chi connectivity index (χ1n) is 16.1. The Labute approximate surface area is 244 Å². The zero-order chi connectivity index (χ0) is 28.5. The fourth-order valence-corrected chi connectivity index (χ4v) is 6.32. The third-order valence-corrected chi connectivity index (χ3v) is 8.72. The van der Waals surface area contributed by atoms with Crippen molar-refractivity contribution in [2.24, 2.45) is 0 Å². The molecule has 2 atom stereocenters. The summed E-state index contributed by atoms with van der Waals surface area (Å²) in [4.78, 5) is 0. The molecule has 0 bridgehead atoms. The Kier molecular flexibility index (Phi) is 15.7. The van der Waals surface area contributed by atoms with Gasteiger partial charge in [-0.25, -0.2) is 0 Å². The highest BCUT2D eigenvalue weighted by Crippen LogP contribution is 2.41. The first-order chi connectivity index (χ1) is 19.5. The highest BCUT2D eigenvalue weighted by molar-refractivity contribution is 7.82. The van der Waals surface area contributed by atoms with E-state index in [2.05, 4.69) is 6.92 Å². The van der Waals surface area contributed by atoms with Crippen LogP contribution in [-0.2, 0) is 31.0 Å². The van der Waals surface area contributed by atoms with E-state index >= 15 is 0 Å². The second kappa shape index (κ2) is 19.0. The fraction of sp³-hybridized carbons (Fsp3) is 0.812. The lowest BCUT2D eigenvalue weighted by molar-refractivity contribution is -0.0760. The van der Waals surface area contributed by atoms with Gasteiger partial charge in [0, 0.05) is 12.2 Å². The molecule has 2 unspecified atom stereocenters. The number of fused-ring (bicyclic) bond motifs is 1. The van der Waals surface area contributed by atoms with Crippen LogP contribution in [0.15, 0.2) is 12.1 Å². The Morgan fingerprint density at radius 3 is 2.08 bits per heavy atom. The number of ether oxygens (including phenoxy) is 3. The quantitative estimate of drug-likeness (QED) is 0.120. The number of hydrogen-bond donors (Lipinski definition) is 0. The van der Waals surface area contributed by atoms with Crippen LogP contribution in [0.5, 0.6) is 11.5 Å². The lowest BCUT2D eigenvalue weighted by Gasteiger charge is -2.12. The summed E-state index contributed by atoms with van der Waals surface area (Å²) in [6.07, 6.45) is 23.9. The van der Waals surface area contributed by atoms with Crippen LogP contribution in [0.2, 0.25) is 0 Å². The second-order valence-corrected chi connectivity index (χ2v) is 12.7. The predicted octanol–water partition coefficient (Wildman–Crippen LogP) is 8.35. The van der Waals surface area contributed by atoms with E-state index in [1.807, 2.05) is 13.0 Å². The van der Waals surface area contributed by atoms with Gasteiger partial charge in [0.25, 0.3) is 0 Å². The summed E-state index contributed by atoms with van der Waals surface area (Å²) in [6, 6.07) is 3.50. The molecule has 40 heavy (non-hydrogen) atoms. The van der Waals surface area contributed by atoms with Crippen LogP contribution in [0, 0.1) is 6.92 Å². The molecule has 2 heterocycles. The van der Waals surface area contributed by atoms with Crippen LogP contribution in [0.1, 0.15) is 134 Å². The third-order valence-electron chi connectivity index (χ3n) is 7.96. The monoisotopic (exact) mass is 582 g/mol. The molecule has 0 amide bonds. The Bertz CT molecular complexity index is 933. The smallest absolute Gasteiger partial charge is 0.379 e. The van der Waals surface area contributed by atoms with Gasteiger partial charge < -0.3 is 22.6 Å². The molecule has 0 saturated carbocycles. The minimum atomic E-state index is -3.97. The van der Waals surface area contributed by atoms with E-state index in [-0.39, 0.29) is 18.1 Å². The van der Waals surface area contributed by atoms with Crippen molar-refractivity contribution in [3.8, 4) is 11.5 Å². The van der Waals surface area contributed by atoms with Crippen molar-refractivity contribution in [3.05, 3.63) is 23.3 Å². The molecule has 7 nitrogen and oxygen atoms in total. The molecule has 1 aromatic rings. The maximum Gasteiger partial charge on any atom is 0.501 e. The molecular formula is C32H54O7S. The van der Waals surface area contributed by atoms with Crippen LogP contribution in [0.4, 0.5) is 0 Å². The van der Waals surface area contributed by atoms with Gasteiger partial charge in [-0.1, -0.05) is 103 Å². The van der Waals surface area contributed by atoms with Crippen molar-refractivity contribution in [1.82, 2.24) is 0 Å². The molecule has 1 fully saturated rings. The van der Waals surface area contributed by atoms with Crippen LogP contribution < -0.4 is 8.37 Å². The molecular weight excluding hydrogens is 528 g/mol. The van der Waals surface area contributed by atoms with Crippen LogP contribution in [0.3, 0.4) is 0 Å². The number of unbranched alkanes of at least 4 members (excludes halogenated alkanes) is 15. The molecule has 0 radical (unpaired) electrons. The zero-order valence-corrected chi connectivity index (χ0v) is 25.9. The second-order valence-electron chi connectivity index (χ2n) is 11.6. The van der Waals surface area contributed by atoms with Gasteiger partial charge in [0.2, 0.25) is 0 Å². The molecule has 3 rings (SSSR count). The first-order valence-corrected chi connectivity index (χ1v) is 17.4. The molecule has 0 aromatic heterocycles. The molecule has 0 aliphatic carbocycles. The van der Waals surface area contributed by atoms with Crippen LogP contribution in [0.25, 0.3) is 0 Å². The number of rotatable bonds is 23. The van der Waals surface area contributed by atoms with Gasteiger partial charge in [-0.3, -0.25) is 0 Å². The SMILES string of the molecule is CCCCCCCCCCCCCCCCCC1OCC(COCCCCc2c(C)ccc3c2OS(=O)(=O)O3)O1. The summed E-state index contributed by atoms with van der Waals surface area (Å²) >= 11 is 0. The Balaban J connectivity index is 1.10. The summed E-state index contributed by atoms with van der Waals surface area (Å²) in [5.74, 6) is 0.603. The largest absolute Gasteiger partial charge is 0.501 e. The number of aryl methyl sites for hydroxylation is 1. The molecule has 1 aromatic carbocycles. The minimum absolute atomic E-state index is 0.0109. The average Bonchev–Trinajstić information content (AvgIpc) is 3.51. The van der Waals surface area contributed by atoms with Gasteiger partial charge in [-0.2, -0.15) is 0 Å². The maximum absolute atomic E-state index is 11.6. The fourth-order valence-electron chi connectivity index (χ4n) is 5.55. The number of hydrogen-bond acceptors (Lipinski definition) is 7. The van der Waals surface area contributed by atoms with Gasteiger partial charge in [-0.15, -0.1) is 8.42 Å². The summed E-state index contributed by atoms with van der Waals surface area (Å²) in [5, 5.41) is 0. The highest BCUT2D eigenvalue weighted by atomic mass is 32.3. The lowest BCUT2D eigenvalue weighted by atomic mass is 10.0. The summed E-state index contributed by atoms with van der Waals surface area (Å²) in [7, 11) is -3.97. The summed E-state index contributed by atoms with van der Waals surface area (Å²) < 4.78 is 50.8. The molecule has 230 valence electrons. The van der Waals surface area contributed by atoms with Crippen LogP contribution in [-0.4, -0.2) is 40.6 Å². The first kappa shape index (κ1) is 33.2. The van der Waals surface area contributed by atoms with Crippen molar-refractivity contribution in [3.63, 3.8) is 0 Å². The number of benzene rings is 1. The summed E-state index contributed by atoms with van der Waals surface area (Å²) in [5.41, 5.74) is 1.88. The molecule has 0 spiro atoms. The van der Waals surface area contributed by atoms with Crippen molar-refractivity contribution < 1.29 is 31.0 Å². The Hall–Kier alpha value is -1.35. The van der Waals surface area contributed by atoms with E-state index in [1.165, 1.54) is 89.9 Å². The van der Waals surface area contributed by atoms with Gasteiger partial charge >= 0.3 is 10.4 Å². The van der Waals surface area contributed by atoms with Crippen molar-refractivity contribution in [1.29, 1.82) is 0 Å². The van der Waals surface area contributed by atoms with Crippen molar-refractivity contribution >= 4 is 10.4 Å². The topological polar surface area (TPSA) is 80.3 Å². The van der Waals surface area contributed by atoms with Gasteiger partial charge in [0.15, 0.2) is 17.8 Å². The van der Waals surface area contributed by atoms with Crippen molar-refractivity contribution in [2.45, 2.75) is 148 Å².